The van der Waals surface area contributed by atoms with E-state index in [2.05, 4.69) is 20.0 Å². The van der Waals surface area contributed by atoms with E-state index in [-0.39, 0.29) is 27.7 Å². The predicted octanol–water partition coefficient (Wildman–Crippen LogP) is 3.69. The fourth-order valence-corrected chi connectivity index (χ4v) is 4.41. The third-order valence-electron chi connectivity index (χ3n) is 4.82. The van der Waals surface area contributed by atoms with Crippen LogP contribution in [0.1, 0.15) is 17.3 Å². The number of amides is 1. The lowest BCUT2D eigenvalue weighted by atomic mass is 10.2. The van der Waals surface area contributed by atoms with Crippen LogP contribution in [0.25, 0.3) is 22.4 Å². The molecule has 11 heteroatoms. The lowest BCUT2D eigenvalue weighted by molar-refractivity contribution is -0.383. The Morgan fingerprint density at radius 3 is 2.61 bits per heavy atom. The lowest BCUT2D eigenvalue weighted by Crippen LogP contribution is -2.22. The lowest BCUT2D eigenvalue weighted by Gasteiger charge is -2.10. The Kier molecular flexibility index (Phi) is 5.80. The zero-order chi connectivity index (χ0) is 23.6. The van der Waals surface area contributed by atoms with Crippen molar-refractivity contribution in [3.05, 3.63) is 82.4 Å². The minimum Gasteiger partial charge on any atom is -0.352 e. The third kappa shape index (κ3) is 4.53. The molecule has 33 heavy (non-hydrogen) atoms. The molecule has 0 aliphatic heterocycles. The Balaban J connectivity index is 1.66. The number of nitrogens with zero attached hydrogens (tertiary/aromatic N) is 2. The Labute approximate surface area is 188 Å². The second kappa shape index (κ2) is 8.71. The summed E-state index contributed by atoms with van der Waals surface area (Å²) in [5.74, 6) is -0.00546. The number of imidazole rings is 1. The molecule has 1 aromatic heterocycles. The Hall–Kier alpha value is -4.25. The minimum atomic E-state index is -3.98. The maximum atomic E-state index is 13.0. The van der Waals surface area contributed by atoms with Gasteiger partial charge in [-0.25, -0.2) is 13.4 Å². The standard InChI is InChI=1S/C22H19N5O5S/c1-2-23-22(28)15-7-3-8-16(12-15)26-33(31,32)17-9-4-6-14(13-17)21-24-18-10-5-11-19(27(29)30)20(18)25-21/h3-13,26H,2H2,1H3,(H,23,28)(H,24,25). The van der Waals surface area contributed by atoms with Gasteiger partial charge in [0.2, 0.25) is 0 Å². The molecule has 0 spiro atoms. The van der Waals surface area contributed by atoms with Gasteiger partial charge in [0.25, 0.3) is 21.6 Å². The number of aromatic amines is 1. The number of rotatable bonds is 7. The van der Waals surface area contributed by atoms with Gasteiger partial charge in [0.05, 0.1) is 15.3 Å². The molecule has 168 valence electrons. The number of carbonyl (C=O) groups is 1. The molecule has 3 N–H and O–H groups in total. The zero-order valence-corrected chi connectivity index (χ0v) is 18.2. The van der Waals surface area contributed by atoms with Gasteiger partial charge in [0.15, 0.2) is 5.52 Å². The van der Waals surface area contributed by atoms with E-state index in [1.54, 1.807) is 49.4 Å². The average molecular weight is 465 g/mol. The van der Waals surface area contributed by atoms with E-state index in [4.69, 9.17) is 0 Å². The van der Waals surface area contributed by atoms with Gasteiger partial charge in [-0.05, 0) is 43.3 Å². The van der Waals surface area contributed by atoms with Crippen LogP contribution >= 0.6 is 0 Å². The monoisotopic (exact) mass is 465 g/mol. The number of nitrogens with one attached hydrogen (secondary N) is 3. The molecule has 4 aromatic rings. The maximum Gasteiger partial charge on any atom is 0.297 e. The van der Waals surface area contributed by atoms with Crippen molar-refractivity contribution < 1.29 is 18.1 Å². The van der Waals surface area contributed by atoms with Crippen LogP contribution in [0.5, 0.6) is 0 Å². The second-order valence-electron chi connectivity index (χ2n) is 7.09. The first-order chi connectivity index (χ1) is 15.8. The molecule has 1 heterocycles. The van der Waals surface area contributed by atoms with Crippen molar-refractivity contribution in [3.63, 3.8) is 0 Å². The topological polar surface area (TPSA) is 147 Å². The van der Waals surface area contributed by atoms with E-state index >= 15 is 0 Å². The maximum absolute atomic E-state index is 13.0. The largest absolute Gasteiger partial charge is 0.352 e. The summed E-state index contributed by atoms with van der Waals surface area (Å²) in [5.41, 5.74) is 1.52. The molecule has 10 nitrogen and oxygen atoms in total. The van der Waals surface area contributed by atoms with E-state index in [0.717, 1.165) is 0 Å². The van der Waals surface area contributed by atoms with Crippen molar-refractivity contribution in [2.24, 2.45) is 0 Å². The van der Waals surface area contributed by atoms with Crippen LogP contribution in [0.3, 0.4) is 0 Å². The van der Waals surface area contributed by atoms with E-state index < -0.39 is 14.9 Å². The highest BCUT2D eigenvalue weighted by Crippen LogP contribution is 2.28. The van der Waals surface area contributed by atoms with Crippen LogP contribution in [-0.4, -0.2) is 35.8 Å². The number of benzene rings is 3. The van der Waals surface area contributed by atoms with Crippen molar-refractivity contribution in [1.29, 1.82) is 0 Å². The van der Waals surface area contributed by atoms with Crippen molar-refractivity contribution in [3.8, 4) is 11.4 Å². The van der Waals surface area contributed by atoms with Crippen LogP contribution in [0.2, 0.25) is 0 Å². The number of nitro groups is 1. The number of fused-ring (bicyclic) bond motifs is 1. The Morgan fingerprint density at radius 1 is 1.09 bits per heavy atom. The van der Waals surface area contributed by atoms with Gasteiger partial charge in [-0.1, -0.05) is 24.3 Å². The number of sulfonamides is 1. The average Bonchev–Trinajstić information content (AvgIpc) is 3.23. The molecular formula is C22H19N5O5S. The first-order valence-electron chi connectivity index (χ1n) is 9.93. The number of hydrogen-bond acceptors (Lipinski definition) is 6. The first-order valence-corrected chi connectivity index (χ1v) is 11.4. The molecule has 0 aliphatic carbocycles. The van der Waals surface area contributed by atoms with Gasteiger partial charge in [-0.15, -0.1) is 0 Å². The van der Waals surface area contributed by atoms with Crippen molar-refractivity contribution in [2.75, 3.05) is 11.3 Å². The summed E-state index contributed by atoms with van der Waals surface area (Å²) >= 11 is 0. The third-order valence-corrected chi connectivity index (χ3v) is 6.20. The summed E-state index contributed by atoms with van der Waals surface area (Å²) in [7, 11) is -3.98. The number of carbonyl (C=O) groups excluding carboxylic acids is 1. The van der Waals surface area contributed by atoms with Crippen LogP contribution in [0.15, 0.2) is 71.6 Å². The Morgan fingerprint density at radius 2 is 1.85 bits per heavy atom. The van der Waals surface area contributed by atoms with Gasteiger partial charge >= 0.3 is 0 Å². The highest BCUT2D eigenvalue weighted by atomic mass is 32.2. The van der Waals surface area contributed by atoms with Crippen LogP contribution in [0.4, 0.5) is 11.4 Å². The molecule has 0 fully saturated rings. The molecule has 0 bridgehead atoms. The van der Waals surface area contributed by atoms with Crippen LogP contribution < -0.4 is 10.0 Å². The molecule has 3 aromatic carbocycles. The molecule has 0 aliphatic rings. The smallest absolute Gasteiger partial charge is 0.297 e. The summed E-state index contributed by atoms with van der Waals surface area (Å²) in [6, 6.07) is 16.8. The number of H-pyrrole nitrogens is 1. The normalized spacial score (nSPS) is 11.3. The molecule has 4 rings (SSSR count). The number of hydrogen-bond donors (Lipinski definition) is 3. The molecule has 0 saturated carbocycles. The van der Waals surface area contributed by atoms with Crippen LogP contribution in [0, 0.1) is 10.1 Å². The summed E-state index contributed by atoms with van der Waals surface area (Å²) < 4.78 is 28.4. The highest BCUT2D eigenvalue weighted by Gasteiger charge is 2.19. The molecule has 1 amide bonds. The summed E-state index contributed by atoms with van der Waals surface area (Å²) in [6.07, 6.45) is 0. The molecule has 0 radical (unpaired) electrons. The number of para-hydroxylation sites is 1. The predicted molar refractivity (Wildman–Crippen MR) is 123 cm³/mol. The summed E-state index contributed by atoms with van der Waals surface area (Å²) in [5, 5.41) is 13.9. The number of non-ortho nitro benzene ring substituents is 1. The summed E-state index contributed by atoms with van der Waals surface area (Å²) in [4.78, 5) is 30.0. The SMILES string of the molecule is CCNC(=O)c1cccc(NS(=O)(=O)c2cccc(-c3nc4c([N+](=O)[O-])cccc4[nH]3)c2)c1. The minimum absolute atomic E-state index is 0.0293. The molecule has 0 saturated heterocycles. The van der Waals surface area contributed by atoms with Gasteiger partial charge < -0.3 is 10.3 Å². The van der Waals surface area contributed by atoms with Gasteiger partial charge in [0, 0.05) is 29.4 Å². The molecule has 0 atom stereocenters. The zero-order valence-electron chi connectivity index (χ0n) is 17.4. The van der Waals surface area contributed by atoms with E-state index in [1.807, 2.05) is 0 Å². The van der Waals surface area contributed by atoms with E-state index in [0.29, 0.717) is 29.0 Å². The summed E-state index contributed by atoms with van der Waals surface area (Å²) in [6.45, 7) is 2.24. The fraction of sp³-hybridized carbons (Fsp3) is 0.0909. The van der Waals surface area contributed by atoms with E-state index in [9.17, 15) is 23.3 Å². The van der Waals surface area contributed by atoms with E-state index in [1.165, 1.54) is 24.3 Å². The second-order valence-corrected chi connectivity index (χ2v) is 8.77. The number of anilines is 1. The van der Waals surface area contributed by atoms with Crippen molar-refractivity contribution >= 4 is 38.3 Å². The van der Waals surface area contributed by atoms with Crippen molar-refractivity contribution in [1.82, 2.24) is 15.3 Å². The number of aromatic nitrogens is 2. The fourth-order valence-electron chi connectivity index (χ4n) is 3.31. The van der Waals surface area contributed by atoms with Crippen LogP contribution in [-0.2, 0) is 10.0 Å². The van der Waals surface area contributed by atoms with Gasteiger partial charge in [0.1, 0.15) is 5.82 Å². The quantitative estimate of drug-likeness (QED) is 0.280. The van der Waals surface area contributed by atoms with Gasteiger partial charge in [-0.3, -0.25) is 19.6 Å². The van der Waals surface area contributed by atoms with Crippen molar-refractivity contribution in [2.45, 2.75) is 11.8 Å². The Bertz CT molecular complexity index is 1480. The molecule has 0 unspecified atom stereocenters. The number of nitro benzene ring substituents is 1. The highest BCUT2D eigenvalue weighted by molar-refractivity contribution is 7.92. The molecular weight excluding hydrogens is 446 g/mol. The van der Waals surface area contributed by atoms with Gasteiger partial charge in [-0.2, -0.15) is 0 Å². The first kappa shape index (κ1) is 22.0.